The molecule has 2 atom stereocenters. The zero-order valence-corrected chi connectivity index (χ0v) is 12.4. The van der Waals surface area contributed by atoms with Crippen molar-refractivity contribution in [1.82, 2.24) is 9.78 Å². The Morgan fingerprint density at radius 2 is 2.28 bits per heavy atom. The summed E-state index contributed by atoms with van der Waals surface area (Å²) < 4.78 is 1.91. The molecule has 0 radical (unpaired) electrons. The lowest BCUT2D eigenvalue weighted by molar-refractivity contribution is 0.232. The van der Waals surface area contributed by atoms with E-state index in [1.165, 1.54) is 12.8 Å². The smallest absolute Gasteiger partial charge is 0.0850 e. The normalized spacial score (nSPS) is 28.6. The van der Waals surface area contributed by atoms with Gasteiger partial charge in [-0.2, -0.15) is 5.10 Å². The van der Waals surface area contributed by atoms with Gasteiger partial charge in [-0.05, 0) is 25.2 Å². The Hall–Kier alpha value is -0.540. The summed E-state index contributed by atoms with van der Waals surface area (Å²) in [4.78, 5) is 0. The molecule has 1 saturated carbocycles. The zero-order chi connectivity index (χ0) is 13.3. The van der Waals surface area contributed by atoms with Gasteiger partial charge in [0.2, 0.25) is 0 Å². The monoisotopic (exact) mass is 269 g/mol. The number of hydrogen-bond acceptors (Lipinski definition) is 2. The highest BCUT2D eigenvalue weighted by Crippen LogP contribution is 2.34. The van der Waals surface area contributed by atoms with E-state index in [4.69, 9.17) is 17.3 Å². The lowest BCUT2D eigenvalue weighted by Crippen LogP contribution is -2.46. The summed E-state index contributed by atoms with van der Waals surface area (Å²) in [7, 11) is 1.97. The van der Waals surface area contributed by atoms with Crippen LogP contribution in [0.2, 0.25) is 5.02 Å². The number of nitrogens with zero attached hydrogens (tertiary/aromatic N) is 2. The van der Waals surface area contributed by atoms with Crippen LogP contribution in [0.3, 0.4) is 0 Å². The fraction of sp³-hybridized carbons (Fsp3) is 0.786. The number of rotatable bonds is 3. The maximum Gasteiger partial charge on any atom is 0.0850 e. The fourth-order valence-corrected chi connectivity index (χ4v) is 3.57. The molecular formula is C14H24ClN3. The highest BCUT2D eigenvalue weighted by atomic mass is 35.5. The van der Waals surface area contributed by atoms with Gasteiger partial charge in [0.15, 0.2) is 0 Å². The molecule has 102 valence electrons. The van der Waals surface area contributed by atoms with Gasteiger partial charge in [-0.3, -0.25) is 4.68 Å². The molecule has 1 heterocycles. The number of aryl methyl sites for hydroxylation is 2. The van der Waals surface area contributed by atoms with Gasteiger partial charge in [0.1, 0.15) is 0 Å². The molecule has 0 spiro atoms. The molecule has 18 heavy (non-hydrogen) atoms. The molecule has 0 aliphatic heterocycles. The van der Waals surface area contributed by atoms with Crippen molar-refractivity contribution in [2.24, 2.45) is 18.7 Å². The SMILES string of the molecule is CCc1nn(C)c(CC2(N)CCCC(C)C2)c1Cl. The van der Waals surface area contributed by atoms with Gasteiger partial charge in [0, 0.05) is 19.0 Å². The van der Waals surface area contributed by atoms with E-state index in [1.807, 2.05) is 11.7 Å². The first kappa shape index (κ1) is 13.9. The average Bonchev–Trinajstić information content (AvgIpc) is 2.56. The molecule has 4 heteroatoms. The van der Waals surface area contributed by atoms with Crippen LogP contribution in [0.15, 0.2) is 0 Å². The number of halogens is 1. The molecule has 2 N–H and O–H groups in total. The lowest BCUT2D eigenvalue weighted by Gasteiger charge is -2.37. The van der Waals surface area contributed by atoms with E-state index in [1.54, 1.807) is 0 Å². The van der Waals surface area contributed by atoms with Crippen molar-refractivity contribution in [3.05, 3.63) is 16.4 Å². The minimum atomic E-state index is -0.0971. The molecule has 1 aliphatic carbocycles. The maximum absolute atomic E-state index is 6.57. The van der Waals surface area contributed by atoms with Crippen molar-refractivity contribution in [2.75, 3.05) is 0 Å². The minimum absolute atomic E-state index is 0.0971. The van der Waals surface area contributed by atoms with Crippen molar-refractivity contribution in [3.8, 4) is 0 Å². The van der Waals surface area contributed by atoms with Crippen LogP contribution in [0.25, 0.3) is 0 Å². The Labute approximate surface area is 115 Å². The van der Waals surface area contributed by atoms with E-state index in [0.29, 0.717) is 0 Å². The molecule has 1 fully saturated rings. The predicted octanol–water partition coefficient (Wildman–Crippen LogP) is 3.09. The first-order valence-corrected chi connectivity index (χ1v) is 7.32. The Balaban J connectivity index is 2.20. The van der Waals surface area contributed by atoms with Crippen molar-refractivity contribution in [2.45, 2.75) is 57.9 Å². The second-order valence-corrected chi connectivity index (χ2v) is 6.30. The molecule has 2 rings (SSSR count). The molecule has 1 aliphatic rings. The summed E-state index contributed by atoms with van der Waals surface area (Å²) in [6.07, 6.45) is 6.45. The summed E-state index contributed by atoms with van der Waals surface area (Å²) in [6.45, 7) is 4.38. The quantitative estimate of drug-likeness (QED) is 0.916. The molecule has 1 aromatic rings. The van der Waals surface area contributed by atoms with Crippen LogP contribution in [0, 0.1) is 5.92 Å². The van der Waals surface area contributed by atoms with Crippen molar-refractivity contribution >= 4 is 11.6 Å². The Kier molecular flexibility index (Phi) is 4.02. The highest BCUT2D eigenvalue weighted by Gasteiger charge is 2.33. The van der Waals surface area contributed by atoms with Gasteiger partial charge in [0.05, 0.1) is 16.4 Å². The second-order valence-electron chi connectivity index (χ2n) is 5.93. The Morgan fingerprint density at radius 1 is 1.56 bits per heavy atom. The van der Waals surface area contributed by atoms with E-state index in [2.05, 4.69) is 18.9 Å². The average molecular weight is 270 g/mol. The molecular weight excluding hydrogens is 246 g/mol. The van der Waals surface area contributed by atoms with Crippen molar-refractivity contribution < 1.29 is 0 Å². The first-order chi connectivity index (χ1) is 8.45. The lowest BCUT2D eigenvalue weighted by atomic mass is 9.74. The van der Waals surface area contributed by atoms with Gasteiger partial charge in [-0.15, -0.1) is 0 Å². The molecule has 0 aromatic carbocycles. The van der Waals surface area contributed by atoms with Crippen LogP contribution in [-0.2, 0) is 19.9 Å². The highest BCUT2D eigenvalue weighted by molar-refractivity contribution is 6.31. The second kappa shape index (κ2) is 5.22. The van der Waals surface area contributed by atoms with E-state index < -0.39 is 0 Å². The maximum atomic E-state index is 6.57. The van der Waals surface area contributed by atoms with Gasteiger partial charge < -0.3 is 5.73 Å². The molecule has 1 aromatic heterocycles. The third-order valence-electron chi connectivity index (χ3n) is 4.15. The van der Waals surface area contributed by atoms with Gasteiger partial charge in [-0.1, -0.05) is 38.3 Å². The largest absolute Gasteiger partial charge is 0.325 e. The topological polar surface area (TPSA) is 43.8 Å². The zero-order valence-electron chi connectivity index (χ0n) is 11.7. The Morgan fingerprint density at radius 3 is 2.83 bits per heavy atom. The van der Waals surface area contributed by atoms with Crippen LogP contribution in [0.1, 0.15) is 50.9 Å². The van der Waals surface area contributed by atoms with Crippen LogP contribution >= 0.6 is 11.6 Å². The molecule has 3 nitrogen and oxygen atoms in total. The third-order valence-corrected chi connectivity index (χ3v) is 4.59. The van der Waals surface area contributed by atoms with Gasteiger partial charge in [0.25, 0.3) is 0 Å². The van der Waals surface area contributed by atoms with Crippen LogP contribution in [0.5, 0.6) is 0 Å². The van der Waals surface area contributed by atoms with E-state index in [-0.39, 0.29) is 5.54 Å². The minimum Gasteiger partial charge on any atom is -0.325 e. The predicted molar refractivity (Wildman–Crippen MR) is 75.9 cm³/mol. The van der Waals surface area contributed by atoms with Gasteiger partial charge >= 0.3 is 0 Å². The van der Waals surface area contributed by atoms with Crippen LogP contribution in [0.4, 0.5) is 0 Å². The van der Waals surface area contributed by atoms with E-state index in [0.717, 1.165) is 48.0 Å². The fourth-order valence-electron chi connectivity index (χ4n) is 3.21. The molecule has 0 amide bonds. The van der Waals surface area contributed by atoms with E-state index >= 15 is 0 Å². The molecule has 0 saturated heterocycles. The summed E-state index contributed by atoms with van der Waals surface area (Å²) in [6, 6.07) is 0. The first-order valence-electron chi connectivity index (χ1n) is 6.94. The number of hydrogen-bond donors (Lipinski definition) is 1. The van der Waals surface area contributed by atoms with Crippen molar-refractivity contribution in [3.63, 3.8) is 0 Å². The van der Waals surface area contributed by atoms with Crippen LogP contribution in [-0.4, -0.2) is 15.3 Å². The summed E-state index contributed by atoms with van der Waals surface area (Å²) in [5.41, 5.74) is 8.56. The molecule has 2 unspecified atom stereocenters. The standard InChI is InChI=1S/C14H24ClN3/c1-4-11-13(15)12(18(3)17-11)9-14(16)7-5-6-10(2)8-14/h10H,4-9,16H2,1-3H3. The summed E-state index contributed by atoms with van der Waals surface area (Å²) in [5, 5.41) is 5.30. The van der Waals surface area contributed by atoms with Crippen molar-refractivity contribution in [1.29, 1.82) is 0 Å². The Bertz CT molecular complexity index is 427. The van der Waals surface area contributed by atoms with Crippen LogP contribution < -0.4 is 5.73 Å². The number of aromatic nitrogens is 2. The van der Waals surface area contributed by atoms with Gasteiger partial charge in [-0.25, -0.2) is 0 Å². The third kappa shape index (κ3) is 2.72. The van der Waals surface area contributed by atoms with E-state index in [9.17, 15) is 0 Å². The number of nitrogens with two attached hydrogens (primary N) is 1. The summed E-state index contributed by atoms with van der Waals surface area (Å²) >= 11 is 6.41. The summed E-state index contributed by atoms with van der Waals surface area (Å²) in [5.74, 6) is 0.724. The molecule has 0 bridgehead atoms.